The smallest absolute Gasteiger partial charge is 0.252 e. The Morgan fingerprint density at radius 3 is 2.59 bits per heavy atom. The number of aromatic nitrogens is 1. The van der Waals surface area contributed by atoms with Gasteiger partial charge in [-0.15, -0.1) is 0 Å². The Morgan fingerprint density at radius 1 is 1.24 bits per heavy atom. The lowest BCUT2D eigenvalue weighted by Crippen LogP contribution is -2.58. The summed E-state index contributed by atoms with van der Waals surface area (Å²) >= 11 is 0. The zero-order chi connectivity index (χ0) is 24.9. The molecule has 1 aromatic heterocycles. The molecule has 1 saturated carbocycles. The summed E-state index contributed by atoms with van der Waals surface area (Å²) in [6.45, 7) is 3.01. The molecule has 0 unspecified atom stereocenters. The van der Waals surface area contributed by atoms with Gasteiger partial charge in [-0.3, -0.25) is 9.78 Å². The van der Waals surface area contributed by atoms with E-state index in [2.05, 4.69) is 9.71 Å². The van der Waals surface area contributed by atoms with Gasteiger partial charge >= 0.3 is 0 Å². The molecule has 3 N–H and O–H groups in total. The van der Waals surface area contributed by atoms with Gasteiger partial charge in [-0.25, -0.2) is 26.3 Å². The molecule has 1 aromatic carbocycles. The fourth-order valence-electron chi connectivity index (χ4n) is 5.53. The number of allylic oxidation sites excluding steroid dienone is 1. The van der Waals surface area contributed by atoms with Crippen molar-refractivity contribution in [1.29, 1.82) is 0 Å². The van der Waals surface area contributed by atoms with E-state index in [1.54, 1.807) is 49.5 Å². The Bertz CT molecular complexity index is 1230. The summed E-state index contributed by atoms with van der Waals surface area (Å²) in [5.74, 6) is -7.43. The number of hydrogen-bond acceptors (Lipinski definition) is 4. The number of nitrogens with one attached hydrogen (secondary N) is 1. The number of primary amides is 1. The molecule has 2 aliphatic rings. The number of alkyl halides is 2. The van der Waals surface area contributed by atoms with Crippen LogP contribution in [-0.4, -0.2) is 36.0 Å². The third kappa shape index (κ3) is 4.13. The van der Waals surface area contributed by atoms with Gasteiger partial charge in [0.15, 0.2) is 0 Å². The number of nitrogens with two attached hydrogens (primary N) is 1. The minimum absolute atomic E-state index is 0.373. The number of carbonyl (C=O) groups is 1. The summed E-state index contributed by atoms with van der Waals surface area (Å²) in [5.41, 5.74) is 7.13. The highest BCUT2D eigenvalue weighted by Crippen LogP contribution is 2.58. The van der Waals surface area contributed by atoms with E-state index >= 15 is 8.78 Å². The van der Waals surface area contributed by atoms with E-state index in [9.17, 15) is 17.6 Å². The van der Waals surface area contributed by atoms with Crippen molar-refractivity contribution in [2.75, 3.05) is 0 Å². The molecule has 0 radical (unpaired) electrons. The molecule has 1 aliphatic heterocycles. The zero-order valence-corrected chi connectivity index (χ0v) is 19.5. The fourth-order valence-corrected chi connectivity index (χ4v) is 7.83. The lowest BCUT2D eigenvalue weighted by atomic mass is 9.61. The van der Waals surface area contributed by atoms with Gasteiger partial charge in [-0.2, -0.15) is 0 Å². The largest absolute Gasteiger partial charge is 0.370 e. The molecule has 6 nitrogen and oxygen atoms in total. The van der Waals surface area contributed by atoms with Crippen molar-refractivity contribution in [2.24, 2.45) is 23.5 Å². The van der Waals surface area contributed by atoms with E-state index in [-0.39, 0.29) is 5.82 Å². The van der Waals surface area contributed by atoms with E-state index in [1.807, 2.05) is 0 Å². The van der Waals surface area contributed by atoms with Crippen molar-refractivity contribution in [3.63, 3.8) is 0 Å². The third-order valence-electron chi connectivity index (χ3n) is 7.12. The predicted molar refractivity (Wildman–Crippen MR) is 122 cm³/mol. The van der Waals surface area contributed by atoms with Crippen LogP contribution in [0.15, 0.2) is 48.7 Å². The van der Waals surface area contributed by atoms with Gasteiger partial charge in [0.05, 0.1) is 5.69 Å². The average molecular weight is 494 g/mol. The maximum atomic E-state index is 15.1. The second-order valence-corrected chi connectivity index (χ2v) is 11.3. The number of benzene rings is 1. The first-order valence-corrected chi connectivity index (χ1v) is 12.4. The maximum Gasteiger partial charge on any atom is 0.252 e. The van der Waals surface area contributed by atoms with Crippen LogP contribution in [0.3, 0.4) is 0 Å². The van der Waals surface area contributed by atoms with Crippen molar-refractivity contribution < 1.29 is 26.4 Å². The molecule has 0 bridgehead atoms. The van der Waals surface area contributed by atoms with E-state index in [1.165, 1.54) is 19.1 Å². The molecular weight excluding hydrogens is 467 g/mol. The Morgan fingerprint density at radius 2 is 1.97 bits per heavy atom. The van der Waals surface area contributed by atoms with Crippen molar-refractivity contribution in [1.82, 2.24) is 9.71 Å². The number of pyridine rings is 1. The third-order valence-corrected chi connectivity index (χ3v) is 9.44. The van der Waals surface area contributed by atoms with Crippen LogP contribution >= 0.6 is 0 Å². The molecule has 34 heavy (non-hydrogen) atoms. The molecule has 5 atom stereocenters. The van der Waals surface area contributed by atoms with Gasteiger partial charge in [0.2, 0.25) is 15.9 Å². The van der Waals surface area contributed by atoms with E-state index in [0.717, 1.165) is 0 Å². The van der Waals surface area contributed by atoms with Crippen LogP contribution in [0.1, 0.15) is 32.4 Å². The number of carbonyl (C=O) groups excluding carboxylic acids is 1. The van der Waals surface area contributed by atoms with Crippen LogP contribution in [0.25, 0.3) is 17.2 Å². The van der Waals surface area contributed by atoms with Crippen LogP contribution in [0.2, 0.25) is 0 Å². The predicted octanol–water partition coefficient (Wildman–Crippen LogP) is 3.74. The normalized spacial score (nSPS) is 31.9. The lowest BCUT2D eigenvalue weighted by Gasteiger charge is -2.48. The number of nitrogens with zero attached hydrogens (tertiary/aromatic N) is 1. The van der Waals surface area contributed by atoms with Crippen molar-refractivity contribution in [2.45, 2.75) is 43.4 Å². The highest BCUT2D eigenvalue weighted by molar-refractivity contribution is 7.91. The van der Waals surface area contributed by atoms with Crippen molar-refractivity contribution in [3.8, 4) is 11.1 Å². The van der Waals surface area contributed by atoms with Crippen molar-refractivity contribution in [3.05, 3.63) is 60.2 Å². The summed E-state index contributed by atoms with van der Waals surface area (Å²) in [6, 6.07) is 8.81. The fraction of sp³-hybridized carbons (Fsp3) is 0.417. The van der Waals surface area contributed by atoms with E-state index < -0.39 is 63.2 Å². The average Bonchev–Trinajstić information content (AvgIpc) is 2.92. The van der Waals surface area contributed by atoms with Gasteiger partial charge in [0.1, 0.15) is 10.6 Å². The van der Waals surface area contributed by atoms with E-state index in [0.29, 0.717) is 16.8 Å². The minimum Gasteiger partial charge on any atom is -0.370 e. The van der Waals surface area contributed by atoms with Crippen LogP contribution in [0.5, 0.6) is 0 Å². The standard InChI is InChI=1S/C24H26F3N3O3S/c1-14-20(9-8-19-7-6-17(12-29-19)16-4-3-5-18(25)10-16)22-15(2)30-34(32,33)23(22,11-21(28)31)13-24(14,26)27/h3-10,12,14-15,20,22,30H,11,13H2,1-2H3,(H2,28,31)/b9-8+/t14-,15+,20-,22-,23+/m0/s1. The molecule has 10 heteroatoms. The summed E-state index contributed by atoms with van der Waals surface area (Å²) in [4.78, 5) is 16.1. The molecule has 2 aromatic rings. The van der Waals surface area contributed by atoms with Crippen molar-refractivity contribution >= 4 is 22.0 Å². The molecule has 182 valence electrons. The maximum absolute atomic E-state index is 15.1. The van der Waals surface area contributed by atoms with Crippen LogP contribution in [0.4, 0.5) is 13.2 Å². The molecule has 2 fully saturated rings. The molecule has 4 rings (SSSR count). The first-order chi connectivity index (χ1) is 15.9. The molecule has 1 aliphatic carbocycles. The number of halogens is 3. The Kier molecular flexibility index (Phi) is 6.10. The molecule has 1 amide bonds. The molecule has 2 heterocycles. The van der Waals surface area contributed by atoms with Gasteiger partial charge in [-0.1, -0.05) is 31.2 Å². The van der Waals surface area contributed by atoms with Gasteiger partial charge in [0.25, 0.3) is 5.92 Å². The van der Waals surface area contributed by atoms with Crippen LogP contribution in [0, 0.1) is 23.6 Å². The quantitative estimate of drug-likeness (QED) is 0.662. The Labute approximate surface area is 196 Å². The summed E-state index contributed by atoms with van der Waals surface area (Å²) in [5, 5.41) is 0. The van der Waals surface area contributed by atoms with Gasteiger partial charge < -0.3 is 5.73 Å². The SMILES string of the molecule is C[C@H]1NS(=O)(=O)[C@]2(CC(N)=O)CC(F)(F)[C@@H](C)[C@H](/C=C/c3ccc(-c4cccc(F)c4)cn3)[C@H]12. The Balaban J connectivity index is 1.69. The number of amides is 1. The topological polar surface area (TPSA) is 102 Å². The highest BCUT2D eigenvalue weighted by atomic mass is 32.2. The summed E-state index contributed by atoms with van der Waals surface area (Å²) < 4.78 is 70.1. The number of fused-ring (bicyclic) bond motifs is 1. The number of sulfonamides is 1. The minimum atomic E-state index is -4.21. The second-order valence-electron chi connectivity index (χ2n) is 9.29. The number of hydrogen-bond donors (Lipinski definition) is 2. The zero-order valence-electron chi connectivity index (χ0n) is 18.7. The first kappa shape index (κ1) is 24.4. The molecular formula is C24H26F3N3O3S. The Hall–Kier alpha value is -2.72. The second kappa shape index (κ2) is 8.49. The van der Waals surface area contributed by atoms with Crippen LogP contribution < -0.4 is 10.5 Å². The number of rotatable bonds is 5. The van der Waals surface area contributed by atoms with Gasteiger partial charge in [-0.05, 0) is 42.7 Å². The molecule has 1 saturated heterocycles. The van der Waals surface area contributed by atoms with Crippen LogP contribution in [-0.2, 0) is 14.8 Å². The summed E-state index contributed by atoms with van der Waals surface area (Å²) in [7, 11) is -4.21. The monoisotopic (exact) mass is 493 g/mol. The van der Waals surface area contributed by atoms with Gasteiger partial charge in [0, 0.05) is 42.5 Å². The first-order valence-electron chi connectivity index (χ1n) is 10.9. The summed E-state index contributed by atoms with van der Waals surface area (Å²) in [6.07, 6.45) is 3.05. The molecule has 0 spiro atoms. The highest BCUT2D eigenvalue weighted by Gasteiger charge is 2.69. The van der Waals surface area contributed by atoms with E-state index in [4.69, 9.17) is 5.73 Å². The lowest BCUT2D eigenvalue weighted by molar-refractivity contribution is -0.133.